The molecule has 96 valence electrons. The van der Waals surface area contributed by atoms with Crippen molar-refractivity contribution < 1.29 is 9.90 Å². The highest BCUT2D eigenvalue weighted by Gasteiger charge is 2.34. The highest BCUT2D eigenvalue weighted by molar-refractivity contribution is 5.70. The molecular formula is C16H15NO2. The minimum atomic E-state index is -0.858. The molecule has 1 aromatic carbocycles. The number of rotatable bonds is 1. The number of nitrogens with zero attached hydrogens (tertiary/aromatic N) is 1. The molecule has 19 heavy (non-hydrogen) atoms. The first-order chi connectivity index (χ1) is 9.25. The Morgan fingerprint density at radius 2 is 2.11 bits per heavy atom. The van der Waals surface area contributed by atoms with E-state index in [9.17, 15) is 4.79 Å². The van der Waals surface area contributed by atoms with Gasteiger partial charge in [-0.2, -0.15) is 0 Å². The van der Waals surface area contributed by atoms with E-state index in [1.165, 1.54) is 10.5 Å². The summed E-state index contributed by atoms with van der Waals surface area (Å²) in [6, 6.07) is 10.1. The Hall–Kier alpha value is -2.29. The summed E-state index contributed by atoms with van der Waals surface area (Å²) in [5.41, 5.74) is 3.24. The first-order valence-corrected chi connectivity index (χ1v) is 6.41. The summed E-state index contributed by atoms with van der Waals surface area (Å²) in [4.78, 5) is 12.6. The summed E-state index contributed by atoms with van der Waals surface area (Å²) >= 11 is 0. The Morgan fingerprint density at radius 1 is 1.32 bits per heavy atom. The molecule has 1 aromatic rings. The first-order valence-electron chi connectivity index (χ1n) is 6.41. The molecular weight excluding hydrogens is 238 g/mol. The van der Waals surface area contributed by atoms with Crippen LogP contribution in [0.15, 0.2) is 59.8 Å². The molecule has 1 aliphatic heterocycles. The molecule has 3 heteroatoms. The van der Waals surface area contributed by atoms with E-state index in [-0.39, 0.29) is 5.92 Å². The zero-order valence-electron chi connectivity index (χ0n) is 10.5. The third kappa shape index (κ3) is 2.19. The van der Waals surface area contributed by atoms with E-state index < -0.39 is 6.09 Å². The summed E-state index contributed by atoms with van der Waals surface area (Å²) in [5, 5.41) is 9.17. The van der Waals surface area contributed by atoms with Gasteiger partial charge >= 0.3 is 6.09 Å². The summed E-state index contributed by atoms with van der Waals surface area (Å²) in [7, 11) is 0. The van der Waals surface area contributed by atoms with Gasteiger partial charge in [-0.3, -0.25) is 4.90 Å². The minimum absolute atomic E-state index is 0.210. The average molecular weight is 253 g/mol. The smallest absolute Gasteiger partial charge is 0.411 e. The number of hydrogen-bond donors (Lipinski definition) is 1. The lowest BCUT2D eigenvalue weighted by molar-refractivity contribution is 0.164. The van der Waals surface area contributed by atoms with Crippen LogP contribution in [0.5, 0.6) is 0 Å². The highest BCUT2D eigenvalue weighted by Crippen LogP contribution is 2.37. The molecule has 0 aromatic heterocycles. The second-order valence-electron chi connectivity index (χ2n) is 4.78. The Labute approximate surface area is 112 Å². The van der Waals surface area contributed by atoms with Crippen molar-refractivity contribution in [2.75, 3.05) is 6.54 Å². The van der Waals surface area contributed by atoms with Crippen molar-refractivity contribution in [2.24, 2.45) is 5.92 Å². The number of fused-ring (bicyclic) bond motifs is 1. The van der Waals surface area contributed by atoms with Crippen LogP contribution in [-0.2, 0) is 0 Å². The maximum absolute atomic E-state index is 11.2. The van der Waals surface area contributed by atoms with E-state index in [0.29, 0.717) is 6.54 Å². The lowest BCUT2D eigenvalue weighted by Crippen LogP contribution is -2.25. The maximum Gasteiger partial charge on any atom is 0.411 e. The number of carbonyl (C=O) groups is 1. The summed E-state index contributed by atoms with van der Waals surface area (Å²) in [5.74, 6) is 0.210. The lowest BCUT2D eigenvalue weighted by Gasteiger charge is -2.20. The van der Waals surface area contributed by atoms with Gasteiger partial charge in [0.15, 0.2) is 0 Å². The fourth-order valence-electron chi connectivity index (χ4n) is 2.74. The van der Waals surface area contributed by atoms with Crippen LogP contribution in [0.3, 0.4) is 0 Å². The molecule has 1 N–H and O–H groups in total. The predicted octanol–water partition coefficient (Wildman–Crippen LogP) is 3.52. The Balaban J connectivity index is 1.92. The van der Waals surface area contributed by atoms with Gasteiger partial charge in [0, 0.05) is 18.2 Å². The molecule has 0 radical (unpaired) electrons. The van der Waals surface area contributed by atoms with E-state index in [1.807, 2.05) is 30.4 Å². The lowest BCUT2D eigenvalue weighted by atomic mass is 9.90. The van der Waals surface area contributed by atoms with E-state index in [4.69, 9.17) is 5.11 Å². The van der Waals surface area contributed by atoms with Crippen LogP contribution in [0.2, 0.25) is 0 Å². The fourth-order valence-corrected chi connectivity index (χ4v) is 2.74. The molecule has 1 saturated heterocycles. The van der Waals surface area contributed by atoms with E-state index >= 15 is 0 Å². The number of allylic oxidation sites excluding steroid dienone is 4. The second kappa shape index (κ2) is 4.76. The second-order valence-corrected chi connectivity index (χ2v) is 4.78. The van der Waals surface area contributed by atoms with Crippen LogP contribution in [0.4, 0.5) is 4.79 Å². The van der Waals surface area contributed by atoms with Crippen LogP contribution in [0, 0.1) is 5.92 Å². The number of likely N-dealkylation sites (tertiary alicyclic amines) is 1. The molecule has 0 bridgehead atoms. The molecule has 1 fully saturated rings. The van der Waals surface area contributed by atoms with Gasteiger partial charge in [-0.25, -0.2) is 4.79 Å². The first kappa shape index (κ1) is 11.8. The minimum Gasteiger partial charge on any atom is -0.465 e. The van der Waals surface area contributed by atoms with Crippen LogP contribution in [-0.4, -0.2) is 22.6 Å². The zero-order chi connectivity index (χ0) is 13.2. The van der Waals surface area contributed by atoms with Crippen molar-refractivity contribution in [1.29, 1.82) is 0 Å². The number of hydrogen-bond acceptors (Lipinski definition) is 1. The van der Waals surface area contributed by atoms with Crippen LogP contribution in [0.1, 0.15) is 12.0 Å². The van der Waals surface area contributed by atoms with E-state index in [0.717, 1.165) is 17.7 Å². The van der Waals surface area contributed by atoms with Gasteiger partial charge in [0.05, 0.1) is 0 Å². The number of amides is 1. The van der Waals surface area contributed by atoms with Crippen molar-refractivity contribution in [2.45, 2.75) is 6.42 Å². The molecule has 3 rings (SSSR count). The SMILES string of the molecule is O=C(O)N1CCC2C(=Cc3ccccc3)C=CC=C21. The largest absolute Gasteiger partial charge is 0.465 e. The quantitative estimate of drug-likeness (QED) is 0.831. The molecule has 1 heterocycles. The van der Waals surface area contributed by atoms with Gasteiger partial charge in [0.1, 0.15) is 0 Å². The monoisotopic (exact) mass is 253 g/mol. The molecule has 1 unspecified atom stereocenters. The number of benzene rings is 1. The Bertz CT molecular complexity index is 584. The molecule has 1 atom stereocenters. The highest BCUT2D eigenvalue weighted by atomic mass is 16.4. The zero-order valence-corrected chi connectivity index (χ0v) is 10.5. The molecule has 1 amide bonds. The van der Waals surface area contributed by atoms with Gasteiger partial charge in [-0.1, -0.05) is 48.6 Å². The van der Waals surface area contributed by atoms with E-state index in [1.54, 1.807) is 0 Å². The van der Waals surface area contributed by atoms with Gasteiger partial charge in [-0.05, 0) is 23.6 Å². The fraction of sp³-hybridized carbons (Fsp3) is 0.188. The maximum atomic E-state index is 11.2. The van der Waals surface area contributed by atoms with Gasteiger partial charge in [0.2, 0.25) is 0 Å². The molecule has 3 nitrogen and oxygen atoms in total. The van der Waals surface area contributed by atoms with Gasteiger partial charge in [0.25, 0.3) is 0 Å². The molecule has 1 aliphatic carbocycles. The molecule has 0 spiro atoms. The molecule has 0 saturated carbocycles. The topological polar surface area (TPSA) is 40.5 Å². The summed E-state index contributed by atoms with van der Waals surface area (Å²) in [6.07, 6.45) is 8.06. The van der Waals surface area contributed by atoms with Crippen LogP contribution in [0.25, 0.3) is 6.08 Å². The molecule has 2 aliphatic rings. The number of carboxylic acid groups (broad SMARTS) is 1. The standard InChI is InChI=1S/C16H15NO2/c18-16(19)17-10-9-14-13(7-4-8-15(14)17)11-12-5-2-1-3-6-12/h1-8,11,14H,9-10H2,(H,18,19). The summed E-state index contributed by atoms with van der Waals surface area (Å²) in [6.45, 7) is 0.583. The third-order valence-corrected chi connectivity index (χ3v) is 3.63. The summed E-state index contributed by atoms with van der Waals surface area (Å²) < 4.78 is 0. The Kier molecular flexibility index (Phi) is 2.95. The van der Waals surface area contributed by atoms with E-state index in [2.05, 4.69) is 24.3 Å². The van der Waals surface area contributed by atoms with Crippen LogP contribution < -0.4 is 0 Å². The van der Waals surface area contributed by atoms with Crippen molar-refractivity contribution in [3.8, 4) is 0 Å². The van der Waals surface area contributed by atoms with Crippen molar-refractivity contribution in [1.82, 2.24) is 4.90 Å². The normalized spacial score (nSPS) is 23.4. The predicted molar refractivity (Wildman–Crippen MR) is 74.5 cm³/mol. The third-order valence-electron chi connectivity index (χ3n) is 3.63. The van der Waals surface area contributed by atoms with Crippen molar-refractivity contribution in [3.63, 3.8) is 0 Å². The Morgan fingerprint density at radius 3 is 2.84 bits per heavy atom. The average Bonchev–Trinajstić information content (AvgIpc) is 2.85. The van der Waals surface area contributed by atoms with Gasteiger partial charge in [-0.15, -0.1) is 0 Å². The van der Waals surface area contributed by atoms with Crippen molar-refractivity contribution >= 4 is 12.2 Å². The van der Waals surface area contributed by atoms with Gasteiger partial charge < -0.3 is 5.11 Å². The van der Waals surface area contributed by atoms with Crippen molar-refractivity contribution in [3.05, 3.63) is 65.4 Å². The van der Waals surface area contributed by atoms with Crippen LogP contribution >= 0.6 is 0 Å².